The zero-order valence-electron chi connectivity index (χ0n) is 9.03. The number of pyridine rings is 1. The molecule has 4 N–H and O–H groups in total. The molecule has 0 bridgehead atoms. The average Bonchev–Trinajstić information content (AvgIpc) is 2.73. The van der Waals surface area contributed by atoms with Gasteiger partial charge in [0.15, 0.2) is 5.65 Å². The van der Waals surface area contributed by atoms with E-state index in [1.165, 1.54) is 12.8 Å². The van der Waals surface area contributed by atoms with Crippen LogP contribution in [0.2, 0.25) is 0 Å². The number of hydrogen-bond acceptors (Lipinski definition) is 4. The molecule has 1 aliphatic heterocycles. The molecule has 2 aromatic heterocycles. The third kappa shape index (κ3) is 1.63. The molecule has 5 nitrogen and oxygen atoms in total. The second-order valence-electron chi connectivity index (χ2n) is 4.27. The molecule has 1 aliphatic rings. The van der Waals surface area contributed by atoms with E-state index in [1.807, 2.05) is 6.07 Å². The van der Waals surface area contributed by atoms with E-state index in [-0.39, 0.29) is 0 Å². The Hall–Kier alpha value is -1.62. The van der Waals surface area contributed by atoms with Gasteiger partial charge in [0.05, 0.1) is 5.52 Å². The Bertz CT molecular complexity index is 498. The first-order chi connectivity index (χ1) is 7.83. The van der Waals surface area contributed by atoms with Crippen LogP contribution in [0.15, 0.2) is 12.1 Å². The lowest BCUT2D eigenvalue weighted by Gasteiger charge is -2.20. The molecule has 5 heteroatoms. The van der Waals surface area contributed by atoms with Crippen LogP contribution in [0.1, 0.15) is 24.6 Å². The number of nitrogens with zero attached hydrogens (tertiary/aromatic N) is 2. The number of anilines is 1. The highest BCUT2D eigenvalue weighted by molar-refractivity contribution is 5.72. The highest BCUT2D eigenvalue weighted by Gasteiger charge is 2.18. The maximum Gasteiger partial charge on any atom is 0.179 e. The first-order valence-electron chi connectivity index (χ1n) is 5.66. The van der Waals surface area contributed by atoms with Crippen LogP contribution in [-0.4, -0.2) is 28.0 Å². The highest BCUT2D eigenvalue weighted by Crippen LogP contribution is 2.22. The molecule has 1 fully saturated rings. The molecular formula is C11H15N5. The Labute approximate surface area is 93.5 Å². The number of aromatic nitrogens is 3. The highest BCUT2D eigenvalue weighted by atomic mass is 15.0. The molecule has 84 valence electrons. The van der Waals surface area contributed by atoms with Gasteiger partial charge in [-0.3, -0.25) is 0 Å². The molecule has 0 saturated carbocycles. The standard InChI is InChI=1S/C11H15N5/c12-9-4-3-8-11(15-9)16-10(14-8)7-2-1-5-13-6-7/h3-4,7,13H,1-2,5-6H2,(H3,12,14,15,16). The first-order valence-corrected chi connectivity index (χ1v) is 5.66. The van der Waals surface area contributed by atoms with E-state index in [0.717, 1.165) is 30.1 Å². The number of rotatable bonds is 1. The minimum Gasteiger partial charge on any atom is -0.384 e. The van der Waals surface area contributed by atoms with Gasteiger partial charge >= 0.3 is 0 Å². The summed E-state index contributed by atoms with van der Waals surface area (Å²) in [6, 6.07) is 3.73. The Morgan fingerprint density at radius 2 is 2.25 bits per heavy atom. The molecule has 3 heterocycles. The fraction of sp³-hybridized carbons (Fsp3) is 0.455. The predicted molar refractivity (Wildman–Crippen MR) is 63.1 cm³/mol. The van der Waals surface area contributed by atoms with Crippen LogP contribution in [0, 0.1) is 0 Å². The number of nitrogen functional groups attached to an aromatic ring is 1. The molecule has 1 saturated heterocycles. The van der Waals surface area contributed by atoms with Crippen molar-refractivity contribution in [3.05, 3.63) is 18.0 Å². The van der Waals surface area contributed by atoms with E-state index in [9.17, 15) is 0 Å². The molecule has 1 unspecified atom stereocenters. The number of piperidine rings is 1. The van der Waals surface area contributed by atoms with Crippen molar-refractivity contribution in [3.8, 4) is 0 Å². The number of imidazole rings is 1. The lowest BCUT2D eigenvalue weighted by molar-refractivity contribution is 0.449. The molecule has 16 heavy (non-hydrogen) atoms. The normalized spacial score (nSPS) is 21.4. The number of fused-ring (bicyclic) bond motifs is 1. The molecular weight excluding hydrogens is 202 g/mol. The zero-order chi connectivity index (χ0) is 11.0. The lowest BCUT2D eigenvalue weighted by Crippen LogP contribution is -2.28. The maximum atomic E-state index is 5.63. The summed E-state index contributed by atoms with van der Waals surface area (Å²) in [4.78, 5) is 12.0. The van der Waals surface area contributed by atoms with Crippen LogP contribution in [0.5, 0.6) is 0 Å². The van der Waals surface area contributed by atoms with Gasteiger partial charge in [0.1, 0.15) is 11.6 Å². The van der Waals surface area contributed by atoms with Crippen LogP contribution in [-0.2, 0) is 0 Å². The monoisotopic (exact) mass is 217 g/mol. The quantitative estimate of drug-likeness (QED) is 0.666. The molecule has 1 atom stereocenters. The van der Waals surface area contributed by atoms with Gasteiger partial charge in [-0.15, -0.1) is 0 Å². The molecule has 0 aliphatic carbocycles. The summed E-state index contributed by atoms with van der Waals surface area (Å²) in [6.45, 7) is 2.11. The maximum absolute atomic E-state index is 5.63. The van der Waals surface area contributed by atoms with E-state index >= 15 is 0 Å². The number of nitrogens with two attached hydrogens (primary N) is 1. The van der Waals surface area contributed by atoms with Crippen molar-refractivity contribution in [3.63, 3.8) is 0 Å². The summed E-state index contributed by atoms with van der Waals surface area (Å²) < 4.78 is 0. The minimum absolute atomic E-state index is 0.476. The van der Waals surface area contributed by atoms with Gasteiger partial charge in [0, 0.05) is 12.5 Å². The van der Waals surface area contributed by atoms with Crippen LogP contribution in [0.4, 0.5) is 5.82 Å². The smallest absolute Gasteiger partial charge is 0.179 e. The first kappa shape index (κ1) is 9.59. The number of H-pyrrole nitrogens is 1. The van der Waals surface area contributed by atoms with Crippen LogP contribution in [0.25, 0.3) is 11.2 Å². The lowest BCUT2D eigenvalue weighted by atomic mass is 9.99. The summed E-state index contributed by atoms with van der Waals surface area (Å²) in [6.07, 6.45) is 2.39. The largest absolute Gasteiger partial charge is 0.384 e. The molecule has 0 radical (unpaired) electrons. The summed E-state index contributed by atoms with van der Waals surface area (Å²) in [5, 5.41) is 3.38. The van der Waals surface area contributed by atoms with Gasteiger partial charge in [-0.1, -0.05) is 0 Å². The van der Waals surface area contributed by atoms with Gasteiger partial charge in [-0.25, -0.2) is 9.97 Å². The fourth-order valence-electron chi connectivity index (χ4n) is 2.20. The van der Waals surface area contributed by atoms with Crippen LogP contribution in [0.3, 0.4) is 0 Å². The molecule has 3 rings (SSSR count). The van der Waals surface area contributed by atoms with Gasteiger partial charge in [0.2, 0.25) is 0 Å². The Balaban J connectivity index is 1.97. The van der Waals surface area contributed by atoms with Gasteiger partial charge < -0.3 is 16.0 Å². The second-order valence-corrected chi connectivity index (χ2v) is 4.27. The fourth-order valence-corrected chi connectivity index (χ4v) is 2.20. The summed E-state index contributed by atoms with van der Waals surface area (Å²) in [5.41, 5.74) is 7.32. The van der Waals surface area contributed by atoms with Crippen molar-refractivity contribution in [2.24, 2.45) is 0 Å². The summed E-state index contributed by atoms with van der Waals surface area (Å²) >= 11 is 0. The van der Waals surface area contributed by atoms with E-state index in [0.29, 0.717) is 11.7 Å². The van der Waals surface area contributed by atoms with E-state index in [2.05, 4.69) is 20.3 Å². The SMILES string of the molecule is Nc1ccc2[nH]c(C3CCCNC3)nc2n1. The molecule has 2 aromatic rings. The third-order valence-corrected chi connectivity index (χ3v) is 3.07. The van der Waals surface area contributed by atoms with Crippen LogP contribution >= 0.6 is 0 Å². The van der Waals surface area contributed by atoms with Crippen molar-refractivity contribution < 1.29 is 0 Å². The third-order valence-electron chi connectivity index (χ3n) is 3.07. The van der Waals surface area contributed by atoms with Gasteiger partial charge in [-0.05, 0) is 31.5 Å². The number of hydrogen-bond donors (Lipinski definition) is 3. The number of aromatic amines is 1. The van der Waals surface area contributed by atoms with Crippen molar-refractivity contribution >= 4 is 17.0 Å². The predicted octanol–water partition coefficient (Wildman–Crippen LogP) is 1.01. The van der Waals surface area contributed by atoms with E-state index in [4.69, 9.17) is 5.73 Å². The Morgan fingerprint density at radius 3 is 3.06 bits per heavy atom. The van der Waals surface area contributed by atoms with Gasteiger partial charge in [0.25, 0.3) is 0 Å². The zero-order valence-corrected chi connectivity index (χ0v) is 9.03. The summed E-state index contributed by atoms with van der Waals surface area (Å²) in [7, 11) is 0. The van der Waals surface area contributed by atoms with Crippen molar-refractivity contribution in [2.75, 3.05) is 18.8 Å². The van der Waals surface area contributed by atoms with E-state index in [1.54, 1.807) is 6.07 Å². The molecule has 0 amide bonds. The minimum atomic E-state index is 0.476. The van der Waals surface area contributed by atoms with Crippen molar-refractivity contribution in [2.45, 2.75) is 18.8 Å². The molecule has 0 spiro atoms. The van der Waals surface area contributed by atoms with Crippen LogP contribution < -0.4 is 11.1 Å². The van der Waals surface area contributed by atoms with Crippen molar-refractivity contribution in [1.29, 1.82) is 0 Å². The molecule has 0 aromatic carbocycles. The Kier molecular flexibility index (Phi) is 2.25. The average molecular weight is 217 g/mol. The van der Waals surface area contributed by atoms with Crippen molar-refractivity contribution in [1.82, 2.24) is 20.3 Å². The van der Waals surface area contributed by atoms with Gasteiger partial charge in [-0.2, -0.15) is 0 Å². The second kappa shape index (κ2) is 3.75. The Morgan fingerprint density at radius 1 is 1.31 bits per heavy atom. The summed E-state index contributed by atoms with van der Waals surface area (Å²) in [5.74, 6) is 2.02. The number of nitrogens with one attached hydrogen (secondary N) is 2. The van der Waals surface area contributed by atoms with E-state index < -0.39 is 0 Å². The topological polar surface area (TPSA) is 79.6 Å².